The van der Waals surface area contributed by atoms with E-state index >= 15 is 0 Å². The number of nitrogens with zero attached hydrogens (tertiary/aromatic N) is 1. The van der Waals surface area contributed by atoms with Gasteiger partial charge in [0.2, 0.25) is 0 Å². The summed E-state index contributed by atoms with van der Waals surface area (Å²) in [6, 6.07) is 3.04. The van der Waals surface area contributed by atoms with Crippen molar-refractivity contribution in [2.75, 3.05) is 0 Å². The number of aromatic nitrogens is 2. The molecule has 100 valence electrons. The number of hydrogen-bond donors (Lipinski definition) is 1. The number of rotatable bonds is 3. The van der Waals surface area contributed by atoms with Gasteiger partial charge in [-0.15, -0.1) is 0 Å². The Morgan fingerprint density at radius 1 is 1.42 bits per heavy atom. The third kappa shape index (κ3) is 2.47. The normalized spacial score (nSPS) is 15.2. The standard InChI is InChI=1S/C14H14ClFN2S/c15-10-7-12-13(8-11(10)16)18(14(19)17-12)6-5-9-3-1-2-4-9/h3,7-8H,1-2,4-6H2,(H,17,19). The number of H-pyrrole nitrogens is 1. The summed E-state index contributed by atoms with van der Waals surface area (Å²) in [5, 5.41) is 0.120. The van der Waals surface area contributed by atoms with E-state index in [0.717, 1.165) is 24.0 Å². The highest BCUT2D eigenvalue weighted by atomic mass is 35.5. The first-order valence-electron chi connectivity index (χ1n) is 6.40. The lowest BCUT2D eigenvalue weighted by Crippen LogP contribution is -1.99. The van der Waals surface area contributed by atoms with Gasteiger partial charge in [0, 0.05) is 12.6 Å². The molecule has 1 aliphatic carbocycles. The second-order valence-electron chi connectivity index (χ2n) is 4.87. The van der Waals surface area contributed by atoms with Crippen molar-refractivity contribution < 1.29 is 4.39 Å². The van der Waals surface area contributed by atoms with Gasteiger partial charge in [-0.1, -0.05) is 23.3 Å². The Morgan fingerprint density at radius 3 is 3.00 bits per heavy atom. The predicted octanol–water partition coefficient (Wildman–Crippen LogP) is 4.99. The van der Waals surface area contributed by atoms with Crippen molar-refractivity contribution in [3.05, 3.63) is 39.4 Å². The zero-order valence-electron chi connectivity index (χ0n) is 10.4. The van der Waals surface area contributed by atoms with Crippen molar-refractivity contribution in [1.29, 1.82) is 0 Å². The molecule has 19 heavy (non-hydrogen) atoms. The first kappa shape index (κ1) is 12.9. The Hall–Kier alpha value is -1.13. The number of allylic oxidation sites excluding steroid dienone is 2. The van der Waals surface area contributed by atoms with Gasteiger partial charge in [0.15, 0.2) is 4.77 Å². The van der Waals surface area contributed by atoms with Crippen LogP contribution in [0.5, 0.6) is 0 Å². The fraction of sp³-hybridized carbons (Fsp3) is 0.357. The van der Waals surface area contributed by atoms with E-state index in [1.807, 2.05) is 4.57 Å². The fourth-order valence-electron chi connectivity index (χ4n) is 2.59. The van der Waals surface area contributed by atoms with Crippen molar-refractivity contribution >= 4 is 34.9 Å². The van der Waals surface area contributed by atoms with Gasteiger partial charge in [0.05, 0.1) is 16.1 Å². The minimum absolute atomic E-state index is 0.120. The van der Waals surface area contributed by atoms with E-state index in [9.17, 15) is 4.39 Å². The third-order valence-corrected chi connectivity index (χ3v) is 4.22. The molecule has 1 aliphatic rings. The molecule has 5 heteroatoms. The van der Waals surface area contributed by atoms with Crippen LogP contribution in [0, 0.1) is 10.6 Å². The van der Waals surface area contributed by atoms with Crippen molar-refractivity contribution in [2.24, 2.45) is 0 Å². The van der Waals surface area contributed by atoms with Crippen LogP contribution in [0.3, 0.4) is 0 Å². The van der Waals surface area contributed by atoms with Crippen molar-refractivity contribution in [3.8, 4) is 0 Å². The Labute approximate surface area is 120 Å². The molecule has 1 heterocycles. The number of halogens is 2. The number of imidazole rings is 1. The molecule has 2 nitrogen and oxygen atoms in total. The average Bonchev–Trinajstić information content (AvgIpc) is 2.96. The molecule has 0 spiro atoms. The van der Waals surface area contributed by atoms with Crippen LogP contribution in [0.2, 0.25) is 5.02 Å². The topological polar surface area (TPSA) is 20.7 Å². The largest absolute Gasteiger partial charge is 0.331 e. The lowest BCUT2D eigenvalue weighted by Gasteiger charge is -2.06. The summed E-state index contributed by atoms with van der Waals surface area (Å²) in [6.07, 6.45) is 6.88. The molecule has 1 N–H and O–H groups in total. The molecule has 2 aromatic rings. The minimum atomic E-state index is -0.406. The third-order valence-electron chi connectivity index (χ3n) is 3.61. The second-order valence-corrected chi connectivity index (χ2v) is 5.66. The SMILES string of the molecule is Fc1cc2c(cc1Cl)[nH]c(=S)n2CCC1=CCCC1. The van der Waals surface area contributed by atoms with Gasteiger partial charge in [-0.2, -0.15) is 0 Å². The molecule has 0 amide bonds. The Bertz CT molecular complexity index is 714. The first-order chi connectivity index (χ1) is 9.15. The molecule has 0 saturated heterocycles. The monoisotopic (exact) mass is 296 g/mol. The predicted molar refractivity (Wildman–Crippen MR) is 78.6 cm³/mol. The highest BCUT2D eigenvalue weighted by Gasteiger charge is 2.10. The van der Waals surface area contributed by atoms with Gasteiger partial charge in [-0.25, -0.2) is 4.39 Å². The van der Waals surface area contributed by atoms with E-state index in [1.54, 1.807) is 6.07 Å². The zero-order chi connectivity index (χ0) is 13.4. The number of fused-ring (bicyclic) bond motifs is 1. The van der Waals surface area contributed by atoms with Crippen LogP contribution in [0.1, 0.15) is 25.7 Å². The summed E-state index contributed by atoms with van der Waals surface area (Å²) in [7, 11) is 0. The van der Waals surface area contributed by atoms with Gasteiger partial charge in [0.1, 0.15) is 5.82 Å². The Kier molecular flexibility index (Phi) is 3.46. The highest BCUT2D eigenvalue weighted by Crippen LogP contribution is 2.25. The molecule has 1 aromatic heterocycles. The van der Waals surface area contributed by atoms with E-state index in [2.05, 4.69) is 11.1 Å². The number of benzene rings is 1. The van der Waals surface area contributed by atoms with Crippen LogP contribution in [-0.2, 0) is 6.54 Å². The summed E-state index contributed by atoms with van der Waals surface area (Å²) < 4.78 is 16.1. The van der Waals surface area contributed by atoms with Gasteiger partial charge in [-0.05, 0) is 44.0 Å². The Morgan fingerprint density at radius 2 is 2.26 bits per heavy atom. The molecule has 0 fully saturated rings. The molecule has 0 aliphatic heterocycles. The van der Waals surface area contributed by atoms with Crippen LogP contribution in [-0.4, -0.2) is 9.55 Å². The summed E-state index contributed by atoms with van der Waals surface area (Å²) in [6.45, 7) is 0.783. The molecule has 0 saturated carbocycles. The maximum Gasteiger partial charge on any atom is 0.178 e. The highest BCUT2D eigenvalue weighted by molar-refractivity contribution is 7.71. The summed E-state index contributed by atoms with van der Waals surface area (Å²) in [5.41, 5.74) is 3.05. The summed E-state index contributed by atoms with van der Waals surface area (Å²) in [5.74, 6) is -0.406. The van der Waals surface area contributed by atoms with Gasteiger partial charge in [-0.3, -0.25) is 0 Å². The summed E-state index contributed by atoms with van der Waals surface area (Å²) in [4.78, 5) is 3.08. The van der Waals surface area contributed by atoms with Crippen molar-refractivity contribution in [3.63, 3.8) is 0 Å². The number of hydrogen-bond acceptors (Lipinski definition) is 1. The van der Waals surface area contributed by atoms with Gasteiger partial charge in [0.25, 0.3) is 0 Å². The molecule has 0 atom stereocenters. The van der Waals surface area contributed by atoms with Crippen molar-refractivity contribution in [1.82, 2.24) is 9.55 Å². The average molecular weight is 297 g/mol. The van der Waals surface area contributed by atoms with Crippen molar-refractivity contribution in [2.45, 2.75) is 32.2 Å². The van der Waals surface area contributed by atoms with Crippen LogP contribution >= 0.6 is 23.8 Å². The molecular formula is C14H14ClFN2S. The van der Waals surface area contributed by atoms with Crippen LogP contribution in [0.15, 0.2) is 23.8 Å². The van der Waals surface area contributed by atoms with E-state index in [0.29, 0.717) is 4.77 Å². The first-order valence-corrected chi connectivity index (χ1v) is 7.19. The molecule has 0 unspecified atom stereocenters. The van der Waals surface area contributed by atoms with Crippen LogP contribution in [0.25, 0.3) is 11.0 Å². The smallest absolute Gasteiger partial charge is 0.178 e. The van der Waals surface area contributed by atoms with E-state index in [4.69, 9.17) is 23.8 Å². The maximum atomic E-state index is 13.6. The van der Waals surface area contributed by atoms with Gasteiger partial charge < -0.3 is 9.55 Å². The Balaban J connectivity index is 1.95. The van der Waals surface area contributed by atoms with Crippen LogP contribution < -0.4 is 0 Å². The minimum Gasteiger partial charge on any atom is -0.331 e. The van der Waals surface area contributed by atoms with E-state index in [-0.39, 0.29) is 5.02 Å². The molecule has 0 bridgehead atoms. The van der Waals surface area contributed by atoms with E-state index in [1.165, 1.54) is 30.9 Å². The summed E-state index contributed by atoms with van der Waals surface area (Å²) >= 11 is 11.1. The zero-order valence-corrected chi connectivity index (χ0v) is 12.0. The maximum absolute atomic E-state index is 13.6. The molecule has 0 radical (unpaired) electrons. The number of aromatic amines is 1. The van der Waals surface area contributed by atoms with E-state index < -0.39 is 5.82 Å². The molecule has 1 aromatic carbocycles. The van der Waals surface area contributed by atoms with Gasteiger partial charge >= 0.3 is 0 Å². The lowest BCUT2D eigenvalue weighted by molar-refractivity contribution is 0.627. The molecular weight excluding hydrogens is 283 g/mol. The molecule has 3 rings (SSSR count). The lowest BCUT2D eigenvalue weighted by atomic mass is 10.1. The fourth-order valence-corrected chi connectivity index (χ4v) is 3.06. The second kappa shape index (κ2) is 5.10. The quantitative estimate of drug-likeness (QED) is 0.625. The number of nitrogens with one attached hydrogen (secondary N) is 1. The number of aryl methyl sites for hydroxylation is 1. The van der Waals surface area contributed by atoms with Crippen LogP contribution in [0.4, 0.5) is 4.39 Å².